The van der Waals surface area contributed by atoms with Crippen LogP contribution >= 0.6 is 0 Å². The first-order valence-electron chi connectivity index (χ1n) is 11.7. The molecule has 2 aliphatic carbocycles. The highest BCUT2D eigenvalue weighted by molar-refractivity contribution is 5.93. The van der Waals surface area contributed by atoms with E-state index in [0.29, 0.717) is 18.4 Å². The second-order valence-electron chi connectivity index (χ2n) is 10.0. The molecule has 0 aromatic heterocycles. The van der Waals surface area contributed by atoms with E-state index in [2.05, 4.69) is 0 Å². The van der Waals surface area contributed by atoms with Gasteiger partial charge in [0.05, 0.1) is 6.10 Å². The van der Waals surface area contributed by atoms with E-state index < -0.39 is 53.3 Å². The summed E-state index contributed by atoms with van der Waals surface area (Å²) in [4.78, 5) is 37.9. The monoisotopic (exact) mass is 476 g/mol. The van der Waals surface area contributed by atoms with E-state index in [0.717, 1.165) is 5.57 Å². The van der Waals surface area contributed by atoms with Gasteiger partial charge in [-0.25, -0.2) is 14.4 Å². The molecule has 8 heteroatoms. The molecule has 34 heavy (non-hydrogen) atoms. The number of methoxy groups -OCH3 is 1. The van der Waals surface area contributed by atoms with Crippen LogP contribution in [0.3, 0.4) is 0 Å². The van der Waals surface area contributed by atoms with Crippen molar-refractivity contribution in [1.29, 1.82) is 0 Å². The molecule has 3 rings (SSSR count). The third kappa shape index (κ3) is 3.90. The molecule has 3 aliphatic rings. The number of fused-ring (bicyclic) bond motifs is 2. The molecule has 0 amide bonds. The lowest BCUT2D eigenvalue weighted by Gasteiger charge is -2.60. The number of allylic oxidation sites excluding steroid dienone is 2. The van der Waals surface area contributed by atoms with Gasteiger partial charge in [-0.2, -0.15) is 0 Å². The fourth-order valence-electron chi connectivity index (χ4n) is 5.73. The van der Waals surface area contributed by atoms with Crippen molar-refractivity contribution >= 4 is 17.9 Å². The second kappa shape index (κ2) is 9.30. The average Bonchev–Trinajstić information content (AvgIpc) is 3.04. The van der Waals surface area contributed by atoms with Crippen LogP contribution in [0.25, 0.3) is 0 Å². The standard InChI is InChI=1S/C26H36O8/c1-9-14(4)23(29)32-18-11-10-17-22(33-19(27)12-13(2)3)26(31-8)20(15(5)24(30)34-26)21(28)25(17,7)16(18)6/h9,12,16-18,21-22,28H,10-11H2,1-8H3/b14-9-/t16-,17+,18-,21-,22-,25+,26+/m0/s1. The van der Waals surface area contributed by atoms with E-state index in [9.17, 15) is 19.5 Å². The number of carbonyl (C=O) groups excluding carboxylic acids is 3. The molecule has 0 saturated heterocycles. The number of carbonyl (C=O) groups is 3. The summed E-state index contributed by atoms with van der Waals surface area (Å²) in [7, 11) is 1.37. The van der Waals surface area contributed by atoms with Crippen molar-refractivity contribution in [3.8, 4) is 0 Å². The van der Waals surface area contributed by atoms with Crippen LogP contribution in [0.15, 0.2) is 34.4 Å². The molecular weight excluding hydrogens is 440 g/mol. The van der Waals surface area contributed by atoms with Crippen molar-refractivity contribution in [2.24, 2.45) is 17.3 Å². The van der Waals surface area contributed by atoms with E-state index in [4.69, 9.17) is 18.9 Å². The van der Waals surface area contributed by atoms with Gasteiger partial charge in [-0.15, -0.1) is 0 Å². The molecule has 0 aromatic carbocycles. The van der Waals surface area contributed by atoms with E-state index in [1.54, 1.807) is 40.7 Å². The van der Waals surface area contributed by atoms with Gasteiger partial charge in [0.1, 0.15) is 6.10 Å². The van der Waals surface area contributed by atoms with Crippen molar-refractivity contribution in [1.82, 2.24) is 0 Å². The van der Waals surface area contributed by atoms with Crippen molar-refractivity contribution in [3.05, 3.63) is 34.4 Å². The number of ether oxygens (including phenoxy) is 4. The predicted molar refractivity (Wildman–Crippen MR) is 123 cm³/mol. The molecule has 0 unspecified atom stereocenters. The van der Waals surface area contributed by atoms with Crippen LogP contribution in [-0.4, -0.2) is 54.2 Å². The van der Waals surface area contributed by atoms with Crippen LogP contribution in [0, 0.1) is 17.3 Å². The zero-order valence-electron chi connectivity index (χ0n) is 21.3. The maximum atomic E-state index is 12.7. The summed E-state index contributed by atoms with van der Waals surface area (Å²) < 4.78 is 23.2. The van der Waals surface area contributed by atoms with E-state index in [1.807, 2.05) is 13.8 Å². The summed E-state index contributed by atoms with van der Waals surface area (Å²) in [6.07, 6.45) is 1.45. The first-order chi connectivity index (χ1) is 15.8. The number of esters is 3. The van der Waals surface area contributed by atoms with Crippen molar-refractivity contribution in [3.63, 3.8) is 0 Å². The van der Waals surface area contributed by atoms with Crippen LogP contribution < -0.4 is 0 Å². The van der Waals surface area contributed by atoms with Crippen LogP contribution in [0.2, 0.25) is 0 Å². The number of aliphatic hydroxyl groups excluding tert-OH is 1. The zero-order chi connectivity index (χ0) is 25.6. The van der Waals surface area contributed by atoms with Crippen LogP contribution in [0.5, 0.6) is 0 Å². The van der Waals surface area contributed by atoms with Gasteiger partial charge >= 0.3 is 17.9 Å². The molecule has 0 bridgehead atoms. The first-order valence-corrected chi connectivity index (χ1v) is 11.7. The van der Waals surface area contributed by atoms with Crippen molar-refractivity contribution in [2.75, 3.05) is 7.11 Å². The molecule has 8 nitrogen and oxygen atoms in total. The lowest BCUT2D eigenvalue weighted by molar-refractivity contribution is -0.292. The minimum absolute atomic E-state index is 0.230. The SMILES string of the molecule is C/C=C(/C)C(=O)O[C@H]1CC[C@@H]2[C@H](OC(=O)C=C(C)C)[C@]3(OC)OC(=O)C(C)=C3[C@H](O)[C@]2(C)[C@H]1C. The Bertz CT molecular complexity index is 971. The van der Waals surface area contributed by atoms with Gasteiger partial charge in [-0.1, -0.05) is 25.5 Å². The quantitative estimate of drug-likeness (QED) is 0.365. The number of hydrogen-bond donors (Lipinski definition) is 1. The molecule has 1 aliphatic heterocycles. The highest BCUT2D eigenvalue weighted by Crippen LogP contribution is 2.61. The largest absolute Gasteiger partial charge is 0.459 e. The number of aliphatic hydroxyl groups is 1. The Morgan fingerprint density at radius 1 is 1.18 bits per heavy atom. The summed E-state index contributed by atoms with van der Waals surface area (Å²) in [6.45, 7) is 12.4. The Labute approximate surface area is 201 Å². The van der Waals surface area contributed by atoms with Gasteiger partial charge in [0.15, 0.2) is 6.10 Å². The maximum Gasteiger partial charge on any atom is 0.336 e. The molecule has 188 valence electrons. The Morgan fingerprint density at radius 3 is 2.38 bits per heavy atom. The lowest BCUT2D eigenvalue weighted by Crippen LogP contribution is -2.69. The van der Waals surface area contributed by atoms with Gasteiger partial charge in [-0.3, -0.25) is 0 Å². The van der Waals surface area contributed by atoms with Gasteiger partial charge in [0, 0.05) is 47.2 Å². The van der Waals surface area contributed by atoms with Gasteiger partial charge in [0.2, 0.25) is 0 Å². The molecule has 7 atom stereocenters. The minimum Gasteiger partial charge on any atom is -0.459 e. The molecule has 2 fully saturated rings. The molecule has 0 aromatic rings. The van der Waals surface area contributed by atoms with E-state index >= 15 is 0 Å². The average molecular weight is 477 g/mol. The minimum atomic E-state index is -1.71. The third-order valence-corrected chi connectivity index (χ3v) is 8.00. The normalized spacial score (nSPS) is 37.4. The maximum absolute atomic E-state index is 12.7. The highest BCUT2D eigenvalue weighted by Gasteiger charge is 2.71. The highest BCUT2D eigenvalue weighted by atomic mass is 16.7. The fraction of sp³-hybridized carbons (Fsp3) is 0.654. The van der Waals surface area contributed by atoms with E-state index in [1.165, 1.54) is 13.2 Å². The van der Waals surface area contributed by atoms with Gasteiger partial charge in [0.25, 0.3) is 5.79 Å². The summed E-state index contributed by atoms with van der Waals surface area (Å²) in [5.74, 6) is -4.05. The van der Waals surface area contributed by atoms with Crippen LogP contribution in [0.4, 0.5) is 0 Å². The number of hydrogen-bond acceptors (Lipinski definition) is 8. The predicted octanol–water partition coefficient (Wildman–Crippen LogP) is 3.39. The van der Waals surface area contributed by atoms with Crippen LogP contribution in [-0.2, 0) is 33.3 Å². The first kappa shape index (κ1) is 26.2. The summed E-state index contributed by atoms with van der Waals surface area (Å²) in [5.41, 5.74) is 0.860. The fourth-order valence-corrected chi connectivity index (χ4v) is 5.73. The Balaban J connectivity index is 2.10. The summed E-state index contributed by atoms with van der Waals surface area (Å²) >= 11 is 0. The molecule has 2 saturated carbocycles. The smallest absolute Gasteiger partial charge is 0.336 e. The number of rotatable bonds is 5. The summed E-state index contributed by atoms with van der Waals surface area (Å²) in [6, 6.07) is 0. The Hall–Kier alpha value is -2.45. The molecule has 0 radical (unpaired) electrons. The van der Waals surface area contributed by atoms with Gasteiger partial charge in [-0.05, 0) is 47.5 Å². The van der Waals surface area contributed by atoms with Crippen LogP contribution in [0.1, 0.15) is 61.3 Å². The molecule has 0 spiro atoms. The Kier molecular flexibility index (Phi) is 7.16. The topological polar surface area (TPSA) is 108 Å². The summed E-state index contributed by atoms with van der Waals surface area (Å²) in [5, 5.41) is 11.7. The van der Waals surface area contributed by atoms with Crippen molar-refractivity contribution in [2.45, 2.75) is 85.4 Å². The second-order valence-corrected chi connectivity index (χ2v) is 10.0. The zero-order valence-corrected chi connectivity index (χ0v) is 21.3. The van der Waals surface area contributed by atoms with Crippen molar-refractivity contribution < 1.29 is 38.4 Å². The molecular formula is C26H36O8. The van der Waals surface area contributed by atoms with E-state index in [-0.39, 0.29) is 17.1 Å². The Morgan fingerprint density at radius 2 is 1.82 bits per heavy atom. The third-order valence-electron chi connectivity index (χ3n) is 8.00. The molecule has 1 N–H and O–H groups in total. The lowest BCUT2D eigenvalue weighted by atomic mass is 9.50. The van der Waals surface area contributed by atoms with Gasteiger partial charge < -0.3 is 24.1 Å². The molecule has 1 heterocycles.